The normalized spacial score (nSPS) is 25.1. The van der Waals surface area contributed by atoms with Gasteiger partial charge in [0.05, 0.1) is 28.9 Å². The second-order valence-electron chi connectivity index (χ2n) is 8.12. The van der Waals surface area contributed by atoms with Gasteiger partial charge in [-0.15, -0.1) is 0 Å². The van der Waals surface area contributed by atoms with Crippen LogP contribution in [0.15, 0.2) is 12.4 Å². The molecule has 0 spiro atoms. The Morgan fingerprint density at radius 2 is 2.04 bits per heavy atom. The summed E-state index contributed by atoms with van der Waals surface area (Å²) in [6.07, 6.45) is 0.286. The van der Waals surface area contributed by atoms with Gasteiger partial charge in [0.1, 0.15) is 11.4 Å². The number of aryl methyl sites for hydroxylation is 1. The lowest BCUT2D eigenvalue weighted by Crippen LogP contribution is -2.21. The fourth-order valence-electron chi connectivity index (χ4n) is 3.08. The molecule has 28 heavy (non-hydrogen) atoms. The topological polar surface area (TPSA) is 91.5 Å². The molecule has 2 fully saturated rings. The first kappa shape index (κ1) is 18.5. The van der Waals surface area contributed by atoms with Crippen LogP contribution in [-0.4, -0.2) is 25.3 Å². The average molecular weight is 391 g/mol. The summed E-state index contributed by atoms with van der Waals surface area (Å²) in [7, 11) is 0. The Kier molecular flexibility index (Phi) is 3.86. The van der Waals surface area contributed by atoms with E-state index in [0.29, 0.717) is 17.8 Å². The van der Waals surface area contributed by atoms with Gasteiger partial charge in [-0.05, 0) is 40.0 Å². The minimum Gasteiger partial charge on any atom is -0.364 e. The van der Waals surface area contributed by atoms with Gasteiger partial charge in [0.25, 0.3) is 0 Å². The largest absolute Gasteiger partial charge is 0.421 e. The van der Waals surface area contributed by atoms with Crippen LogP contribution in [0.3, 0.4) is 0 Å². The van der Waals surface area contributed by atoms with Crippen molar-refractivity contribution in [1.82, 2.24) is 19.7 Å². The van der Waals surface area contributed by atoms with Crippen molar-refractivity contribution in [3.63, 3.8) is 0 Å². The standard InChI is InChI=1S/C18H20F3N7/c1-10-12(8-28(27-10)13-6-16(13,2)9-22)24-15-23-7-11(18(19,20)21)14(25-15)26-17(3)4-5-17/h7-8,13H,4-6H2,1-3H3,(H2,23,24,25,26). The second-order valence-corrected chi connectivity index (χ2v) is 8.12. The van der Waals surface area contributed by atoms with Crippen LogP contribution >= 0.6 is 0 Å². The van der Waals surface area contributed by atoms with Crippen LogP contribution in [-0.2, 0) is 6.18 Å². The van der Waals surface area contributed by atoms with Crippen LogP contribution in [0.1, 0.15) is 50.4 Å². The van der Waals surface area contributed by atoms with Crippen molar-refractivity contribution in [2.75, 3.05) is 10.6 Å². The van der Waals surface area contributed by atoms with E-state index in [2.05, 4.69) is 31.8 Å². The molecule has 2 N–H and O–H groups in total. The maximum atomic E-state index is 13.3. The molecule has 2 aromatic heterocycles. The highest BCUT2D eigenvalue weighted by Crippen LogP contribution is 2.55. The van der Waals surface area contributed by atoms with E-state index in [9.17, 15) is 18.4 Å². The quantitative estimate of drug-likeness (QED) is 0.794. The van der Waals surface area contributed by atoms with Gasteiger partial charge in [-0.3, -0.25) is 4.68 Å². The molecule has 2 aliphatic rings. The van der Waals surface area contributed by atoms with E-state index in [1.165, 1.54) is 0 Å². The smallest absolute Gasteiger partial charge is 0.364 e. The number of nitrogens with zero attached hydrogens (tertiary/aromatic N) is 5. The second kappa shape index (κ2) is 5.83. The Morgan fingerprint density at radius 1 is 1.32 bits per heavy atom. The molecular formula is C18H20F3N7. The summed E-state index contributed by atoms with van der Waals surface area (Å²) in [4.78, 5) is 7.91. The number of anilines is 3. The van der Waals surface area contributed by atoms with Gasteiger partial charge < -0.3 is 10.6 Å². The van der Waals surface area contributed by atoms with Gasteiger partial charge in [0, 0.05) is 17.9 Å². The van der Waals surface area contributed by atoms with E-state index in [1.807, 2.05) is 13.8 Å². The number of nitriles is 1. The molecule has 2 aliphatic carbocycles. The maximum Gasteiger partial charge on any atom is 0.421 e. The van der Waals surface area contributed by atoms with Crippen LogP contribution in [0, 0.1) is 23.7 Å². The fourth-order valence-corrected chi connectivity index (χ4v) is 3.08. The number of nitrogens with one attached hydrogen (secondary N) is 2. The highest BCUT2D eigenvalue weighted by atomic mass is 19.4. The highest BCUT2D eigenvalue weighted by molar-refractivity contribution is 5.59. The average Bonchev–Trinajstić information content (AvgIpc) is 3.47. The third-order valence-electron chi connectivity index (χ3n) is 5.44. The third-order valence-corrected chi connectivity index (χ3v) is 5.44. The van der Waals surface area contributed by atoms with Gasteiger partial charge in [-0.2, -0.15) is 28.5 Å². The summed E-state index contributed by atoms with van der Waals surface area (Å²) in [6, 6.07) is 2.27. The number of halogens is 3. The first-order valence-corrected chi connectivity index (χ1v) is 8.99. The van der Waals surface area contributed by atoms with Crippen molar-refractivity contribution in [1.29, 1.82) is 5.26 Å². The molecule has 4 rings (SSSR count). The summed E-state index contributed by atoms with van der Waals surface area (Å²) in [5.41, 5.74) is -0.436. The van der Waals surface area contributed by atoms with Crippen molar-refractivity contribution in [3.05, 3.63) is 23.7 Å². The number of alkyl halides is 3. The molecule has 2 heterocycles. The summed E-state index contributed by atoms with van der Waals surface area (Å²) in [6.45, 7) is 5.51. The van der Waals surface area contributed by atoms with Crippen molar-refractivity contribution in [2.45, 2.75) is 57.8 Å². The summed E-state index contributed by atoms with van der Waals surface area (Å²) in [5.74, 6) is -0.171. The van der Waals surface area contributed by atoms with Gasteiger partial charge >= 0.3 is 6.18 Å². The van der Waals surface area contributed by atoms with Crippen LogP contribution in [0.4, 0.5) is 30.6 Å². The lowest BCUT2D eigenvalue weighted by atomic mass is 10.2. The Bertz CT molecular complexity index is 971. The van der Waals surface area contributed by atoms with Crippen molar-refractivity contribution in [2.24, 2.45) is 5.41 Å². The Labute approximate surface area is 160 Å². The lowest BCUT2D eigenvalue weighted by molar-refractivity contribution is -0.137. The molecule has 0 aromatic carbocycles. The zero-order valence-electron chi connectivity index (χ0n) is 15.7. The molecule has 2 unspecified atom stereocenters. The van der Waals surface area contributed by atoms with Crippen LogP contribution in [0.2, 0.25) is 0 Å². The van der Waals surface area contributed by atoms with Crippen molar-refractivity contribution < 1.29 is 13.2 Å². The Morgan fingerprint density at radius 3 is 2.61 bits per heavy atom. The predicted octanol–water partition coefficient (Wildman–Crippen LogP) is 4.18. The molecule has 2 aromatic rings. The van der Waals surface area contributed by atoms with E-state index >= 15 is 0 Å². The van der Waals surface area contributed by atoms with E-state index in [0.717, 1.165) is 19.0 Å². The third kappa shape index (κ3) is 3.37. The molecule has 0 aliphatic heterocycles. The molecule has 0 radical (unpaired) electrons. The Balaban J connectivity index is 1.59. The first-order valence-electron chi connectivity index (χ1n) is 8.99. The molecule has 0 bridgehead atoms. The SMILES string of the molecule is Cc1nn(C2CC2(C)C#N)cc1Nc1ncc(C(F)(F)F)c(NC2(C)CC2)n1. The van der Waals surface area contributed by atoms with Crippen molar-refractivity contribution >= 4 is 17.5 Å². The van der Waals surface area contributed by atoms with Gasteiger partial charge in [-0.1, -0.05) is 0 Å². The van der Waals surface area contributed by atoms with E-state index in [1.54, 1.807) is 17.8 Å². The fraction of sp³-hybridized carbons (Fsp3) is 0.556. The van der Waals surface area contributed by atoms with Gasteiger partial charge in [-0.25, -0.2) is 4.98 Å². The van der Waals surface area contributed by atoms with E-state index < -0.39 is 17.2 Å². The number of rotatable bonds is 5. The van der Waals surface area contributed by atoms with E-state index in [4.69, 9.17) is 0 Å². The number of hydrogen-bond donors (Lipinski definition) is 2. The summed E-state index contributed by atoms with van der Waals surface area (Å²) < 4.78 is 41.6. The lowest BCUT2D eigenvalue weighted by Gasteiger charge is -2.18. The van der Waals surface area contributed by atoms with Gasteiger partial charge in [0.2, 0.25) is 5.95 Å². The minimum atomic E-state index is -4.54. The first-order chi connectivity index (χ1) is 13.0. The van der Waals surface area contributed by atoms with Crippen LogP contribution < -0.4 is 10.6 Å². The van der Waals surface area contributed by atoms with Crippen LogP contribution in [0.5, 0.6) is 0 Å². The number of aromatic nitrogens is 4. The molecule has 10 heteroatoms. The molecule has 2 atom stereocenters. The predicted molar refractivity (Wildman–Crippen MR) is 95.9 cm³/mol. The number of hydrogen-bond acceptors (Lipinski definition) is 6. The Hall–Kier alpha value is -2.83. The highest BCUT2D eigenvalue weighted by Gasteiger charge is 2.53. The monoisotopic (exact) mass is 391 g/mol. The summed E-state index contributed by atoms with van der Waals surface area (Å²) in [5, 5.41) is 19.5. The molecular weight excluding hydrogens is 371 g/mol. The zero-order chi connectivity index (χ0) is 20.3. The minimum absolute atomic E-state index is 0.00711. The van der Waals surface area contributed by atoms with Crippen molar-refractivity contribution in [3.8, 4) is 6.07 Å². The molecule has 148 valence electrons. The maximum absolute atomic E-state index is 13.3. The van der Waals surface area contributed by atoms with Gasteiger partial charge in [0.15, 0.2) is 0 Å². The molecule has 0 amide bonds. The van der Waals surface area contributed by atoms with E-state index in [-0.39, 0.29) is 23.3 Å². The molecule has 2 saturated carbocycles. The zero-order valence-corrected chi connectivity index (χ0v) is 15.7. The summed E-state index contributed by atoms with van der Waals surface area (Å²) >= 11 is 0. The van der Waals surface area contributed by atoms with Crippen LogP contribution in [0.25, 0.3) is 0 Å². The molecule has 0 saturated heterocycles. The molecule has 7 nitrogen and oxygen atoms in total.